The zero-order chi connectivity index (χ0) is 14.5. The Morgan fingerprint density at radius 3 is 1.19 bits per heavy atom. The molecule has 102 valence electrons. The van der Waals surface area contributed by atoms with Crippen LogP contribution in [0, 0.1) is 0 Å². The summed E-state index contributed by atoms with van der Waals surface area (Å²) in [6.45, 7) is 0. The summed E-state index contributed by atoms with van der Waals surface area (Å²) in [5, 5.41) is 25.4. The van der Waals surface area contributed by atoms with Crippen LogP contribution in [0.15, 0.2) is 58.8 Å². The van der Waals surface area contributed by atoms with E-state index in [0.29, 0.717) is 11.4 Å². The number of aromatic carboxylic acids is 2. The van der Waals surface area contributed by atoms with Gasteiger partial charge in [-0.2, -0.15) is 10.2 Å². The second kappa shape index (κ2) is 7.62. The van der Waals surface area contributed by atoms with Crippen molar-refractivity contribution in [2.75, 3.05) is 0 Å². The molecule has 0 aromatic heterocycles. The predicted octanol–water partition coefficient (Wildman–Crippen LogP) is 3.50. The molecule has 0 amide bonds. The third-order valence-electron chi connectivity index (χ3n) is 2.51. The third kappa shape index (κ3) is 4.74. The Balaban J connectivity index is 0.00000220. The van der Waals surface area contributed by atoms with Crippen LogP contribution in [0.1, 0.15) is 20.7 Å². The van der Waals surface area contributed by atoms with E-state index in [9.17, 15) is 9.59 Å². The van der Waals surface area contributed by atoms with E-state index in [1.165, 1.54) is 24.3 Å². The maximum Gasteiger partial charge on any atom is 0.335 e. The molecule has 2 N–H and O–H groups in total. The summed E-state index contributed by atoms with van der Waals surface area (Å²) in [6, 6.07) is 11.9. The Morgan fingerprint density at radius 1 is 0.667 bits per heavy atom. The minimum Gasteiger partial charge on any atom is -0.478 e. The predicted molar refractivity (Wildman–Crippen MR) is 71.0 cm³/mol. The fourth-order valence-electron chi connectivity index (χ4n) is 1.46. The molecule has 21 heavy (non-hydrogen) atoms. The molecule has 7 heteroatoms. The van der Waals surface area contributed by atoms with Gasteiger partial charge in [-0.1, -0.05) is 0 Å². The van der Waals surface area contributed by atoms with Gasteiger partial charge < -0.3 is 10.2 Å². The number of rotatable bonds is 4. The number of carbonyl (C=O) groups is 2. The molecule has 0 fully saturated rings. The molecule has 0 saturated heterocycles. The summed E-state index contributed by atoms with van der Waals surface area (Å²) in [5.74, 6) is -2.00. The van der Waals surface area contributed by atoms with Crippen LogP contribution >= 0.6 is 0 Å². The van der Waals surface area contributed by atoms with Crippen LogP contribution in [0.4, 0.5) is 11.4 Å². The number of carboxylic acid groups (broad SMARTS) is 2. The van der Waals surface area contributed by atoms with Crippen molar-refractivity contribution in [1.82, 2.24) is 0 Å². The number of carboxylic acids is 2. The van der Waals surface area contributed by atoms with Gasteiger partial charge in [0.25, 0.3) is 0 Å². The third-order valence-corrected chi connectivity index (χ3v) is 2.51. The fraction of sp³-hybridized carbons (Fsp3) is 0. The first-order chi connectivity index (χ1) is 9.56. The van der Waals surface area contributed by atoms with Gasteiger partial charge >= 0.3 is 11.9 Å². The minimum absolute atomic E-state index is 0. The van der Waals surface area contributed by atoms with E-state index in [2.05, 4.69) is 10.2 Å². The second-order valence-corrected chi connectivity index (χ2v) is 3.90. The number of benzene rings is 2. The first-order valence-electron chi connectivity index (χ1n) is 5.65. The molecule has 2 aromatic carbocycles. The Kier molecular flexibility index (Phi) is 6.15. The quantitative estimate of drug-likeness (QED) is 0.624. The first kappa shape index (κ1) is 17.0. The number of hydrogen-bond acceptors (Lipinski definition) is 4. The molecule has 0 spiro atoms. The van der Waals surface area contributed by atoms with Gasteiger partial charge in [0.1, 0.15) is 0 Å². The van der Waals surface area contributed by atoms with E-state index in [1.54, 1.807) is 24.3 Å². The molecular formula is C14H10CdN2O4. The number of azo groups is 1. The van der Waals surface area contributed by atoms with Crippen molar-refractivity contribution in [1.29, 1.82) is 0 Å². The molecule has 2 rings (SSSR count). The maximum absolute atomic E-state index is 10.7. The zero-order valence-electron chi connectivity index (χ0n) is 10.9. The standard InChI is InChI=1S/C14H10N2O4.Cd/c17-13(18)9-1-5-11(6-2-9)15-16-12-7-3-10(4-8-12)14(19)20;/h1-8H,(H,17,18)(H,19,20);. The summed E-state index contributed by atoms with van der Waals surface area (Å²) in [7, 11) is 0. The molecule has 0 atom stereocenters. The summed E-state index contributed by atoms with van der Waals surface area (Å²) < 4.78 is 0. The van der Waals surface area contributed by atoms with E-state index in [-0.39, 0.29) is 38.4 Å². The van der Waals surface area contributed by atoms with Gasteiger partial charge in [-0.15, -0.1) is 0 Å². The monoisotopic (exact) mass is 384 g/mol. The Bertz CT molecular complexity index is 607. The molecule has 0 aliphatic heterocycles. The van der Waals surface area contributed by atoms with E-state index in [0.717, 1.165) is 0 Å². The number of hydrogen-bond donors (Lipinski definition) is 2. The Hall–Kier alpha value is -2.10. The van der Waals surface area contributed by atoms with Gasteiger partial charge in [0.05, 0.1) is 22.5 Å². The van der Waals surface area contributed by atoms with Gasteiger partial charge in [-0.3, -0.25) is 0 Å². The Labute approximate surface area is 140 Å². The van der Waals surface area contributed by atoms with Crippen LogP contribution in [0.25, 0.3) is 0 Å². The van der Waals surface area contributed by atoms with Crippen LogP contribution in [-0.4, -0.2) is 22.2 Å². The van der Waals surface area contributed by atoms with Gasteiger partial charge in [-0.25, -0.2) is 9.59 Å². The zero-order valence-corrected chi connectivity index (χ0v) is 15.0. The molecule has 0 saturated carbocycles. The van der Waals surface area contributed by atoms with Crippen molar-refractivity contribution >= 4 is 23.3 Å². The van der Waals surface area contributed by atoms with Crippen LogP contribution in [0.5, 0.6) is 0 Å². The van der Waals surface area contributed by atoms with Crippen molar-refractivity contribution in [3.8, 4) is 0 Å². The van der Waals surface area contributed by atoms with Gasteiger partial charge in [-0.05, 0) is 48.5 Å². The van der Waals surface area contributed by atoms with Gasteiger partial charge in [0.15, 0.2) is 0 Å². The summed E-state index contributed by atoms with van der Waals surface area (Å²) in [5.41, 5.74) is 1.37. The van der Waals surface area contributed by atoms with Crippen LogP contribution < -0.4 is 0 Å². The van der Waals surface area contributed by atoms with Crippen molar-refractivity contribution < 1.29 is 47.1 Å². The summed E-state index contributed by atoms with van der Waals surface area (Å²) in [4.78, 5) is 21.4. The van der Waals surface area contributed by atoms with E-state index >= 15 is 0 Å². The first-order valence-corrected chi connectivity index (χ1v) is 5.65. The molecule has 0 unspecified atom stereocenters. The summed E-state index contributed by atoms with van der Waals surface area (Å²) in [6.07, 6.45) is 0. The molecule has 2 aromatic rings. The largest absolute Gasteiger partial charge is 0.478 e. The van der Waals surface area contributed by atoms with E-state index < -0.39 is 11.9 Å². The molecule has 0 radical (unpaired) electrons. The number of nitrogens with zero attached hydrogens (tertiary/aromatic N) is 2. The Morgan fingerprint density at radius 2 is 0.952 bits per heavy atom. The average Bonchev–Trinajstić information content (AvgIpc) is 2.46. The van der Waals surface area contributed by atoms with Crippen molar-refractivity contribution in [2.45, 2.75) is 0 Å². The summed E-state index contributed by atoms with van der Waals surface area (Å²) >= 11 is 0. The van der Waals surface area contributed by atoms with Crippen molar-refractivity contribution in [3.63, 3.8) is 0 Å². The molecule has 0 aliphatic rings. The van der Waals surface area contributed by atoms with E-state index in [1.807, 2.05) is 0 Å². The van der Waals surface area contributed by atoms with Crippen LogP contribution in [-0.2, 0) is 27.3 Å². The van der Waals surface area contributed by atoms with Crippen molar-refractivity contribution in [2.24, 2.45) is 10.2 Å². The fourth-order valence-corrected chi connectivity index (χ4v) is 1.46. The maximum atomic E-state index is 10.7. The van der Waals surface area contributed by atoms with E-state index in [4.69, 9.17) is 10.2 Å². The van der Waals surface area contributed by atoms with Crippen LogP contribution in [0.3, 0.4) is 0 Å². The normalized spacial score (nSPS) is 10.1. The van der Waals surface area contributed by atoms with Crippen LogP contribution in [0.2, 0.25) is 0 Å². The average molecular weight is 383 g/mol. The molecular weight excluding hydrogens is 373 g/mol. The minimum atomic E-state index is -1.00. The molecule has 0 aliphatic carbocycles. The van der Waals surface area contributed by atoms with Gasteiger partial charge in [0.2, 0.25) is 0 Å². The smallest absolute Gasteiger partial charge is 0.335 e. The second-order valence-electron chi connectivity index (χ2n) is 3.90. The molecule has 6 nitrogen and oxygen atoms in total. The molecule has 0 heterocycles. The van der Waals surface area contributed by atoms with Gasteiger partial charge in [0, 0.05) is 27.3 Å². The molecule has 0 bridgehead atoms. The van der Waals surface area contributed by atoms with Crippen molar-refractivity contribution in [3.05, 3.63) is 59.7 Å². The SMILES string of the molecule is O=C(O)c1ccc(N=Nc2ccc(C(=O)O)cc2)cc1.[Cd]. The topological polar surface area (TPSA) is 99.3 Å².